The third kappa shape index (κ3) is 3.66. The van der Waals surface area contributed by atoms with Gasteiger partial charge in [-0.2, -0.15) is 0 Å². The SMILES string of the molecule is Cc1cc(C(=O)c2ccccc2)c(C)n1C(C)COc1ccccc1. The van der Waals surface area contributed by atoms with Gasteiger partial charge in [0.05, 0.1) is 6.04 Å². The number of ketones is 1. The molecule has 3 heteroatoms. The Hall–Kier alpha value is -2.81. The van der Waals surface area contributed by atoms with Crippen molar-refractivity contribution in [2.75, 3.05) is 6.61 Å². The molecule has 0 radical (unpaired) electrons. The van der Waals surface area contributed by atoms with Crippen LogP contribution in [0.15, 0.2) is 66.7 Å². The van der Waals surface area contributed by atoms with Crippen molar-refractivity contribution in [1.82, 2.24) is 4.57 Å². The minimum Gasteiger partial charge on any atom is -0.491 e. The molecule has 2 aromatic carbocycles. The third-order valence-corrected chi connectivity index (χ3v) is 4.44. The van der Waals surface area contributed by atoms with Crippen molar-refractivity contribution in [2.45, 2.75) is 26.8 Å². The van der Waals surface area contributed by atoms with Crippen molar-refractivity contribution >= 4 is 5.78 Å². The fourth-order valence-electron chi connectivity index (χ4n) is 3.24. The summed E-state index contributed by atoms with van der Waals surface area (Å²) in [4.78, 5) is 12.8. The lowest BCUT2D eigenvalue weighted by molar-refractivity contribution is 0.103. The minimum absolute atomic E-state index is 0.0659. The first-order valence-electron chi connectivity index (χ1n) is 8.54. The van der Waals surface area contributed by atoms with Crippen molar-refractivity contribution in [1.29, 1.82) is 0 Å². The van der Waals surface area contributed by atoms with Gasteiger partial charge in [0, 0.05) is 22.5 Å². The van der Waals surface area contributed by atoms with Gasteiger partial charge in [0.2, 0.25) is 0 Å². The first-order chi connectivity index (χ1) is 12.1. The van der Waals surface area contributed by atoms with Crippen LogP contribution in [0.1, 0.15) is 40.3 Å². The second-order valence-corrected chi connectivity index (χ2v) is 6.32. The maximum Gasteiger partial charge on any atom is 0.194 e. The Morgan fingerprint density at radius 1 is 1.00 bits per heavy atom. The zero-order chi connectivity index (χ0) is 17.8. The predicted octanol–water partition coefficient (Wildman–Crippen LogP) is 4.98. The molecule has 0 spiro atoms. The standard InChI is InChI=1S/C22H23NO2/c1-16-14-21(22(24)19-10-6-4-7-11-19)18(3)23(16)17(2)15-25-20-12-8-5-9-13-20/h4-14,17H,15H2,1-3H3. The molecule has 0 aliphatic heterocycles. The Bertz CT molecular complexity index is 850. The summed E-state index contributed by atoms with van der Waals surface area (Å²) in [5, 5.41) is 0. The molecule has 0 amide bonds. The molecular formula is C22H23NO2. The van der Waals surface area contributed by atoms with E-state index in [1.54, 1.807) is 0 Å². The summed E-state index contributed by atoms with van der Waals surface area (Å²) in [7, 11) is 0. The fraction of sp³-hybridized carbons (Fsp3) is 0.227. The highest BCUT2D eigenvalue weighted by Crippen LogP contribution is 2.23. The number of rotatable bonds is 6. The molecule has 1 aromatic heterocycles. The van der Waals surface area contributed by atoms with Crippen LogP contribution in [0.2, 0.25) is 0 Å². The number of aromatic nitrogens is 1. The Labute approximate surface area is 148 Å². The van der Waals surface area contributed by atoms with Gasteiger partial charge in [0.25, 0.3) is 0 Å². The van der Waals surface area contributed by atoms with Crippen molar-refractivity contribution in [3.8, 4) is 5.75 Å². The number of ether oxygens (including phenoxy) is 1. The van der Waals surface area contributed by atoms with Crippen molar-refractivity contribution in [3.63, 3.8) is 0 Å². The lowest BCUT2D eigenvalue weighted by atomic mass is 10.0. The van der Waals surface area contributed by atoms with E-state index in [0.29, 0.717) is 6.61 Å². The number of benzene rings is 2. The lowest BCUT2D eigenvalue weighted by Crippen LogP contribution is -2.17. The van der Waals surface area contributed by atoms with E-state index in [1.807, 2.05) is 80.6 Å². The van der Waals surface area contributed by atoms with Crippen LogP contribution in [0.5, 0.6) is 5.75 Å². The molecule has 1 heterocycles. The number of aryl methyl sites for hydroxylation is 1. The molecule has 1 atom stereocenters. The molecule has 0 saturated heterocycles. The molecule has 3 nitrogen and oxygen atoms in total. The van der Waals surface area contributed by atoms with E-state index >= 15 is 0 Å². The number of carbonyl (C=O) groups is 1. The van der Waals surface area contributed by atoms with Gasteiger partial charge in [-0.05, 0) is 39.0 Å². The molecule has 0 aliphatic carbocycles. The van der Waals surface area contributed by atoms with Crippen LogP contribution >= 0.6 is 0 Å². The first-order valence-corrected chi connectivity index (χ1v) is 8.54. The summed E-state index contributed by atoms with van der Waals surface area (Å²) >= 11 is 0. The molecule has 3 aromatic rings. The molecule has 0 bridgehead atoms. The van der Waals surface area contributed by atoms with E-state index in [2.05, 4.69) is 11.5 Å². The highest BCUT2D eigenvalue weighted by atomic mass is 16.5. The molecule has 3 rings (SSSR count). The number of nitrogens with zero attached hydrogens (tertiary/aromatic N) is 1. The maximum absolute atomic E-state index is 12.8. The molecule has 0 saturated carbocycles. The van der Waals surface area contributed by atoms with Gasteiger partial charge in [-0.15, -0.1) is 0 Å². The quantitative estimate of drug-likeness (QED) is 0.596. The van der Waals surface area contributed by atoms with E-state index in [9.17, 15) is 4.79 Å². The molecule has 1 unspecified atom stereocenters. The normalized spacial score (nSPS) is 12.0. The van der Waals surface area contributed by atoms with Crippen LogP contribution in [-0.4, -0.2) is 17.0 Å². The summed E-state index contributed by atoms with van der Waals surface area (Å²) in [6.45, 7) is 6.70. The van der Waals surface area contributed by atoms with Gasteiger partial charge in [-0.25, -0.2) is 0 Å². The van der Waals surface area contributed by atoms with Gasteiger partial charge in [0.1, 0.15) is 12.4 Å². The Kier molecular flexibility index (Phi) is 5.03. The fourth-order valence-corrected chi connectivity index (χ4v) is 3.24. The number of para-hydroxylation sites is 1. The minimum atomic E-state index is 0.0659. The molecule has 128 valence electrons. The lowest BCUT2D eigenvalue weighted by Gasteiger charge is -2.19. The third-order valence-electron chi connectivity index (χ3n) is 4.44. The van der Waals surface area contributed by atoms with Gasteiger partial charge in [-0.3, -0.25) is 4.79 Å². The van der Waals surface area contributed by atoms with Crippen LogP contribution in [-0.2, 0) is 0 Å². The zero-order valence-corrected chi connectivity index (χ0v) is 14.9. The first kappa shape index (κ1) is 17.0. The van der Waals surface area contributed by atoms with Crippen molar-refractivity contribution in [3.05, 3.63) is 89.2 Å². The van der Waals surface area contributed by atoms with Crippen LogP contribution < -0.4 is 4.74 Å². The van der Waals surface area contributed by atoms with Crippen LogP contribution in [0.3, 0.4) is 0 Å². The Morgan fingerprint density at radius 3 is 2.24 bits per heavy atom. The Morgan fingerprint density at radius 2 is 1.60 bits per heavy atom. The summed E-state index contributed by atoms with van der Waals surface area (Å²) < 4.78 is 8.06. The van der Waals surface area contributed by atoms with E-state index in [-0.39, 0.29) is 11.8 Å². The average molecular weight is 333 g/mol. The van der Waals surface area contributed by atoms with Crippen molar-refractivity contribution in [2.24, 2.45) is 0 Å². The monoisotopic (exact) mass is 333 g/mol. The molecule has 25 heavy (non-hydrogen) atoms. The van der Waals surface area contributed by atoms with Gasteiger partial charge in [0.15, 0.2) is 5.78 Å². The summed E-state index contributed by atoms with van der Waals surface area (Å²) in [5.74, 6) is 0.925. The number of hydrogen-bond acceptors (Lipinski definition) is 2. The largest absolute Gasteiger partial charge is 0.491 e. The van der Waals surface area contributed by atoms with E-state index in [0.717, 1.165) is 28.3 Å². The smallest absolute Gasteiger partial charge is 0.194 e. The molecule has 0 fully saturated rings. The van der Waals surface area contributed by atoms with Crippen LogP contribution in [0, 0.1) is 13.8 Å². The van der Waals surface area contributed by atoms with Gasteiger partial charge in [-0.1, -0.05) is 48.5 Å². The average Bonchev–Trinajstić information content (AvgIpc) is 2.95. The van der Waals surface area contributed by atoms with Crippen LogP contribution in [0.4, 0.5) is 0 Å². The zero-order valence-electron chi connectivity index (χ0n) is 14.9. The van der Waals surface area contributed by atoms with Gasteiger partial charge >= 0.3 is 0 Å². The summed E-state index contributed by atoms with van der Waals surface area (Å²) in [6, 6.07) is 21.3. The van der Waals surface area contributed by atoms with Crippen molar-refractivity contribution < 1.29 is 9.53 Å². The maximum atomic E-state index is 12.8. The number of hydrogen-bond donors (Lipinski definition) is 0. The second kappa shape index (κ2) is 7.39. The number of carbonyl (C=O) groups excluding carboxylic acids is 1. The summed E-state index contributed by atoms with van der Waals surface area (Å²) in [6.07, 6.45) is 0. The van der Waals surface area contributed by atoms with E-state index in [4.69, 9.17) is 4.74 Å². The molecule has 0 aliphatic rings. The topological polar surface area (TPSA) is 31.2 Å². The Balaban J connectivity index is 1.80. The molecular weight excluding hydrogens is 310 g/mol. The van der Waals surface area contributed by atoms with Gasteiger partial charge < -0.3 is 9.30 Å². The molecule has 0 N–H and O–H groups in total. The summed E-state index contributed by atoms with van der Waals surface area (Å²) in [5.41, 5.74) is 3.53. The van der Waals surface area contributed by atoms with E-state index in [1.165, 1.54) is 0 Å². The highest BCUT2D eigenvalue weighted by Gasteiger charge is 2.20. The van der Waals surface area contributed by atoms with Crippen LogP contribution in [0.25, 0.3) is 0 Å². The van der Waals surface area contributed by atoms with E-state index < -0.39 is 0 Å². The second-order valence-electron chi connectivity index (χ2n) is 6.32. The highest BCUT2D eigenvalue weighted by molar-refractivity contribution is 6.09. The predicted molar refractivity (Wildman–Crippen MR) is 100 cm³/mol.